The third kappa shape index (κ3) is 4.27. The fourth-order valence-corrected chi connectivity index (χ4v) is 4.10. The van der Waals surface area contributed by atoms with Gasteiger partial charge in [0, 0.05) is 41.5 Å². The molecule has 0 saturated carbocycles. The lowest BCUT2D eigenvalue weighted by molar-refractivity contribution is 0.102. The Morgan fingerprint density at radius 2 is 1.94 bits per heavy atom. The van der Waals surface area contributed by atoms with Crippen molar-refractivity contribution in [3.63, 3.8) is 0 Å². The molecular formula is C25H20ClFN6O. The summed E-state index contributed by atoms with van der Waals surface area (Å²) in [5.74, 6) is -0.303. The van der Waals surface area contributed by atoms with Crippen molar-refractivity contribution in [3.8, 4) is 11.3 Å². The molecular weight excluding hydrogens is 455 g/mol. The second kappa shape index (κ2) is 8.72. The van der Waals surface area contributed by atoms with E-state index < -0.39 is 5.82 Å². The number of carbonyl (C=O) groups is 1. The van der Waals surface area contributed by atoms with Crippen LogP contribution in [0.15, 0.2) is 67.0 Å². The van der Waals surface area contributed by atoms with E-state index in [2.05, 4.69) is 15.5 Å². The Morgan fingerprint density at radius 3 is 2.71 bits per heavy atom. The highest BCUT2D eigenvalue weighted by atomic mass is 35.5. The summed E-state index contributed by atoms with van der Waals surface area (Å²) in [6.07, 6.45) is 3.61. The maximum Gasteiger partial charge on any atom is 0.257 e. The molecule has 2 aromatic carbocycles. The van der Waals surface area contributed by atoms with E-state index >= 15 is 0 Å². The van der Waals surface area contributed by atoms with E-state index in [1.54, 1.807) is 33.8 Å². The lowest BCUT2D eigenvalue weighted by Crippen LogP contribution is -2.14. The average molecular weight is 475 g/mol. The van der Waals surface area contributed by atoms with Gasteiger partial charge in [-0.3, -0.25) is 14.2 Å². The maximum atomic E-state index is 13.3. The Kier molecular flexibility index (Phi) is 5.59. The summed E-state index contributed by atoms with van der Waals surface area (Å²) < 4.78 is 16.7. The molecule has 0 saturated heterocycles. The summed E-state index contributed by atoms with van der Waals surface area (Å²) in [6.45, 7) is 2.25. The molecule has 3 aromatic heterocycles. The zero-order chi connectivity index (χ0) is 23.8. The molecule has 0 spiro atoms. The average Bonchev–Trinajstić information content (AvgIpc) is 3.39. The number of carbonyl (C=O) groups excluding carboxylic acids is 1. The van der Waals surface area contributed by atoms with Crippen molar-refractivity contribution in [2.75, 3.05) is 5.32 Å². The number of aromatic nitrogens is 5. The first kappa shape index (κ1) is 21.8. The van der Waals surface area contributed by atoms with Crippen molar-refractivity contribution >= 4 is 34.2 Å². The van der Waals surface area contributed by atoms with Crippen LogP contribution in [0.1, 0.15) is 21.6 Å². The van der Waals surface area contributed by atoms with Gasteiger partial charge < -0.3 is 5.32 Å². The number of rotatable bonds is 5. The number of hydrogen-bond acceptors (Lipinski definition) is 4. The van der Waals surface area contributed by atoms with Crippen molar-refractivity contribution in [1.82, 2.24) is 24.5 Å². The predicted molar refractivity (Wildman–Crippen MR) is 129 cm³/mol. The van der Waals surface area contributed by atoms with Gasteiger partial charge in [-0.05, 0) is 36.8 Å². The molecule has 34 heavy (non-hydrogen) atoms. The van der Waals surface area contributed by atoms with Crippen LogP contribution >= 0.6 is 11.6 Å². The van der Waals surface area contributed by atoms with Gasteiger partial charge >= 0.3 is 0 Å². The van der Waals surface area contributed by atoms with Crippen LogP contribution in [-0.4, -0.2) is 30.5 Å². The highest BCUT2D eigenvalue weighted by Crippen LogP contribution is 2.27. The van der Waals surface area contributed by atoms with Crippen LogP contribution in [0.25, 0.3) is 22.2 Å². The van der Waals surface area contributed by atoms with Crippen LogP contribution < -0.4 is 5.32 Å². The first-order valence-corrected chi connectivity index (χ1v) is 10.9. The number of fused-ring (bicyclic) bond motifs is 1. The monoisotopic (exact) mass is 474 g/mol. The Hall–Kier alpha value is -4.04. The smallest absolute Gasteiger partial charge is 0.257 e. The quantitative estimate of drug-likeness (QED) is 0.378. The Labute approximate surface area is 199 Å². The van der Waals surface area contributed by atoms with Gasteiger partial charge in [0.05, 0.1) is 29.0 Å². The summed E-state index contributed by atoms with van der Waals surface area (Å²) in [6, 6.07) is 15.2. The molecule has 5 aromatic rings. The van der Waals surface area contributed by atoms with Crippen LogP contribution in [-0.2, 0) is 13.6 Å². The van der Waals surface area contributed by atoms with Crippen molar-refractivity contribution < 1.29 is 9.18 Å². The standard InChI is InChI=1S/C25H20ClFN6O/c1-15-20(14-32(2)30-15)23-12-19(18-5-3-4-6-22(18)28-23)25(34)29-24-9-10-33(31-24)13-16-7-8-17(27)11-21(16)26/h3-12,14H,13H2,1-2H3,(H,29,31,34). The minimum absolute atomic E-state index is 0.300. The van der Waals surface area contributed by atoms with E-state index in [4.69, 9.17) is 16.6 Å². The predicted octanol–water partition coefficient (Wildman–Crippen LogP) is 5.23. The van der Waals surface area contributed by atoms with Gasteiger partial charge in [0.1, 0.15) is 5.82 Å². The van der Waals surface area contributed by atoms with E-state index in [-0.39, 0.29) is 5.91 Å². The topological polar surface area (TPSA) is 77.6 Å². The largest absolute Gasteiger partial charge is 0.305 e. The third-order valence-electron chi connectivity index (χ3n) is 5.48. The number of amides is 1. The number of benzene rings is 2. The van der Waals surface area contributed by atoms with Crippen molar-refractivity contribution in [1.29, 1.82) is 0 Å². The Morgan fingerprint density at radius 1 is 1.12 bits per heavy atom. The van der Waals surface area contributed by atoms with Gasteiger partial charge in [-0.1, -0.05) is 35.9 Å². The Bertz CT molecular complexity index is 1540. The second-order valence-electron chi connectivity index (χ2n) is 7.96. The molecule has 1 N–H and O–H groups in total. The molecule has 0 atom stereocenters. The van der Waals surface area contributed by atoms with Crippen LogP contribution in [0.3, 0.4) is 0 Å². The summed E-state index contributed by atoms with van der Waals surface area (Å²) in [5.41, 5.74) is 4.29. The normalized spacial score (nSPS) is 11.2. The number of anilines is 1. The molecule has 9 heteroatoms. The SMILES string of the molecule is Cc1nn(C)cc1-c1cc(C(=O)Nc2ccn(Cc3ccc(F)cc3Cl)n2)c2ccccc2n1. The highest BCUT2D eigenvalue weighted by Gasteiger charge is 2.17. The summed E-state index contributed by atoms with van der Waals surface area (Å²) in [5, 5.41) is 12.7. The molecule has 0 aliphatic carbocycles. The molecule has 0 bridgehead atoms. The fourth-order valence-electron chi connectivity index (χ4n) is 3.88. The number of aryl methyl sites for hydroxylation is 2. The number of hydrogen-bond donors (Lipinski definition) is 1. The minimum Gasteiger partial charge on any atom is -0.305 e. The first-order chi connectivity index (χ1) is 16.4. The molecule has 7 nitrogen and oxygen atoms in total. The van der Waals surface area contributed by atoms with Gasteiger partial charge in [-0.15, -0.1) is 0 Å². The molecule has 3 heterocycles. The molecule has 1 amide bonds. The van der Waals surface area contributed by atoms with Crippen LogP contribution in [0.5, 0.6) is 0 Å². The number of pyridine rings is 1. The van der Waals surface area contributed by atoms with Gasteiger partial charge in [0.2, 0.25) is 0 Å². The number of halogens is 2. The maximum absolute atomic E-state index is 13.3. The molecule has 0 aliphatic rings. The second-order valence-corrected chi connectivity index (χ2v) is 8.37. The zero-order valence-corrected chi connectivity index (χ0v) is 19.2. The summed E-state index contributed by atoms with van der Waals surface area (Å²) >= 11 is 6.12. The summed E-state index contributed by atoms with van der Waals surface area (Å²) in [4.78, 5) is 18.0. The van der Waals surface area contributed by atoms with E-state index in [1.807, 2.05) is 44.4 Å². The third-order valence-corrected chi connectivity index (χ3v) is 5.83. The van der Waals surface area contributed by atoms with E-state index in [9.17, 15) is 9.18 Å². The summed E-state index contributed by atoms with van der Waals surface area (Å²) in [7, 11) is 1.85. The van der Waals surface area contributed by atoms with E-state index in [0.29, 0.717) is 34.2 Å². The molecule has 0 radical (unpaired) electrons. The molecule has 170 valence electrons. The van der Waals surface area contributed by atoms with Gasteiger partial charge in [-0.2, -0.15) is 10.2 Å². The van der Waals surface area contributed by atoms with Crippen LogP contribution in [0.4, 0.5) is 10.2 Å². The zero-order valence-electron chi connectivity index (χ0n) is 18.5. The first-order valence-electron chi connectivity index (χ1n) is 10.6. The van der Waals surface area contributed by atoms with Gasteiger partial charge in [-0.25, -0.2) is 9.37 Å². The van der Waals surface area contributed by atoms with E-state index in [0.717, 1.165) is 22.2 Å². The Balaban J connectivity index is 1.44. The molecule has 0 fully saturated rings. The van der Waals surface area contributed by atoms with Crippen molar-refractivity contribution in [2.24, 2.45) is 7.05 Å². The van der Waals surface area contributed by atoms with Crippen molar-refractivity contribution in [2.45, 2.75) is 13.5 Å². The molecule has 0 aliphatic heterocycles. The number of para-hydroxylation sites is 1. The number of nitrogens with one attached hydrogen (secondary N) is 1. The van der Waals surface area contributed by atoms with Crippen LogP contribution in [0, 0.1) is 12.7 Å². The van der Waals surface area contributed by atoms with E-state index in [1.165, 1.54) is 12.1 Å². The molecule has 0 unspecified atom stereocenters. The van der Waals surface area contributed by atoms with Gasteiger partial charge in [0.15, 0.2) is 5.82 Å². The lowest BCUT2D eigenvalue weighted by Gasteiger charge is -2.09. The van der Waals surface area contributed by atoms with Crippen LogP contribution in [0.2, 0.25) is 5.02 Å². The number of nitrogens with zero attached hydrogens (tertiary/aromatic N) is 5. The highest BCUT2D eigenvalue weighted by molar-refractivity contribution is 6.31. The molecule has 5 rings (SSSR count). The minimum atomic E-state index is -0.396. The van der Waals surface area contributed by atoms with Gasteiger partial charge in [0.25, 0.3) is 5.91 Å². The fraction of sp³-hybridized carbons (Fsp3) is 0.120. The lowest BCUT2D eigenvalue weighted by atomic mass is 10.0. The van der Waals surface area contributed by atoms with Crippen molar-refractivity contribution in [3.05, 3.63) is 94.7 Å².